The van der Waals surface area contributed by atoms with E-state index in [1.165, 1.54) is 5.57 Å². The lowest BCUT2D eigenvalue weighted by Crippen LogP contribution is -2.32. The van der Waals surface area contributed by atoms with E-state index in [0.717, 1.165) is 19.3 Å². The SMILES string of the molecule is O=C1C=C[C@@]23CC(=O)C[C@H]2CCC=C3C1. The molecule has 0 unspecified atom stereocenters. The number of allylic oxidation sites excluding steroid dienone is 4. The van der Waals surface area contributed by atoms with Gasteiger partial charge in [-0.25, -0.2) is 0 Å². The van der Waals surface area contributed by atoms with Gasteiger partial charge in [0.05, 0.1) is 0 Å². The number of hydrogen-bond donors (Lipinski definition) is 0. The molecule has 1 spiro atoms. The zero-order chi connectivity index (χ0) is 10.5. The maximum absolute atomic E-state index is 11.6. The summed E-state index contributed by atoms with van der Waals surface area (Å²) >= 11 is 0. The van der Waals surface area contributed by atoms with E-state index in [0.29, 0.717) is 24.5 Å². The summed E-state index contributed by atoms with van der Waals surface area (Å²) < 4.78 is 0. The van der Waals surface area contributed by atoms with Crippen molar-refractivity contribution >= 4 is 11.6 Å². The Kier molecular flexibility index (Phi) is 1.76. The molecule has 15 heavy (non-hydrogen) atoms. The van der Waals surface area contributed by atoms with E-state index >= 15 is 0 Å². The third-order valence-corrected chi connectivity index (χ3v) is 4.13. The normalized spacial score (nSPS) is 38.7. The lowest BCUT2D eigenvalue weighted by molar-refractivity contribution is -0.118. The molecule has 3 rings (SSSR count). The highest BCUT2D eigenvalue weighted by molar-refractivity contribution is 5.95. The van der Waals surface area contributed by atoms with Crippen LogP contribution in [0.25, 0.3) is 0 Å². The van der Waals surface area contributed by atoms with Crippen molar-refractivity contribution < 1.29 is 9.59 Å². The molecular weight excluding hydrogens is 188 g/mol. The molecule has 0 heterocycles. The summed E-state index contributed by atoms with van der Waals surface area (Å²) in [6.07, 6.45) is 9.93. The number of rotatable bonds is 0. The largest absolute Gasteiger partial charge is 0.300 e. The molecule has 0 aliphatic heterocycles. The van der Waals surface area contributed by atoms with Crippen LogP contribution in [-0.4, -0.2) is 11.6 Å². The van der Waals surface area contributed by atoms with Crippen LogP contribution in [-0.2, 0) is 9.59 Å². The lowest BCUT2D eigenvalue weighted by Gasteiger charge is -2.39. The molecule has 3 aliphatic rings. The first-order valence-corrected chi connectivity index (χ1v) is 5.64. The minimum absolute atomic E-state index is 0.0523. The number of Topliss-reactive ketones (excluding diaryl/α,β-unsaturated/α-hetero) is 1. The Labute approximate surface area is 89.0 Å². The molecule has 0 aromatic rings. The van der Waals surface area contributed by atoms with Gasteiger partial charge in [-0.1, -0.05) is 17.7 Å². The Balaban J connectivity index is 2.11. The van der Waals surface area contributed by atoms with Gasteiger partial charge >= 0.3 is 0 Å². The number of carbonyl (C=O) groups is 2. The van der Waals surface area contributed by atoms with Crippen LogP contribution in [0, 0.1) is 11.3 Å². The highest BCUT2D eigenvalue weighted by Crippen LogP contribution is 2.55. The van der Waals surface area contributed by atoms with Crippen molar-refractivity contribution in [3.05, 3.63) is 23.8 Å². The lowest BCUT2D eigenvalue weighted by atomic mass is 9.63. The zero-order valence-corrected chi connectivity index (χ0v) is 8.66. The fourth-order valence-electron chi connectivity index (χ4n) is 3.41. The summed E-state index contributed by atoms with van der Waals surface area (Å²) in [4.78, 5) is 23.0. The van der Waals surface area contributed by atoms with E-state index in [1.54, 1.807) is 6.08 Å². The van der Waals surface area contributed by atoms with Gasteiger partial charge in [-0.3, -0.25) is 9.59 Å². The molecule has 0 bridgehead atoms. The van der Waals surface area contributed by atoms with Crippen molar-refractivity contribution in [2.45, 2.75) is 32.1 Å². The van der Waals surface area contributed by atoms with Crippen molar-refractivity contribution in [3.63, 3.8) is 0 Å². The van der Waals surface area contributed by atoms with Crippen LogP contribution in [0.3, 0.4) is 0 Å². The van der Waals surface area contributed by atoms with E-state index < -0.39 is 0 Å². The third-order valence-electron chi connectivity index (χ3n) is 4.13. The summed E-state index contributed by atoms with van der Waals surface area (Å²) in [5.74, 6) is 1.02. The Hall–Kier alpha value is -1.18. The van der Waals surface area contributed by atoms with Gasteiger partial charge in [0.15, 0.2) is 5.78 Å². The first kappa shape index (κ1) is 9.08. The van der Waals surface area contributed by atoms with E-state index in [4.69, 9.17) is 0 Å². The molecule has 3 aliphatic carbocycles. The van der Waals surface area contributed by atoms with E-state index in [-0.39, 0.29) is 11.2 Å². The molecule has 0 N–H and O–H groups in total. The summed E-state index contributed by atoms with van der Waals surface area (Å²) in [5, 5.41) is 0. The molecule has 0 saturated heterocycles. The van der Waals surface area contributed by atoms with Crippen LogP contribution < -0.4 is 0 Å². The van der Waals surface area contributed by atoms with Crippen molar-refractivity contribution in [2.75, 3.05) is 0 Å². The van der Waals surface area contributed by atoms with Crippen LogP contribution in [0.5, 0.6) is 0 Å². The molecule has 2 atom stereocenters. The second-order valence-electron chi connectivity index (χ2n) is 4.94. The molecule has 0 aromatic carbocycles. The van der Waals surface area contributed by atoms with Gasteiger partial charge in [-0.2, -0.15) is 0 Å². The summed E-state index contributed by atoms with van der Waals surface area (Å²) in [7, 11) is 0. The van der Waals surface area contributed by atoms with Crippen molar-refractivity contribution in [2.24, 2.45) is 11.3 Å². The minimum atomic E-state index is -0.0523. The summed E-state index contributed by atoms with van der Waals surface area (Å²) in [6.45, 7) is 0. The maximum Gasteiger partial charge on any atom is 0.159 e. The Morgan fingerprint density at radius 3 is 3.07 bits per heavy atom. The molecule has 2 nitrogen and oxygen atoms in total. The van der Waals surface area contributed by atoms with E-state index in [1.807, 2.05) is 6.08 Å². The van der Waals surface area contributed by atoms with Crippen LogP contribution in [0.2, 0.25) is 0 Å². The fourth-order valence-corrected chi connectivity index (χ4v) is 3.41. The predicted molar refractivity (Wildman–Crippen MR) is 56.2 cm³/mol. The highest BCUT2D eigenvalue weighted by Gasteiger charge is 2.49. The topological polar surface area (TPSA) is 34.1 Å². The van der Waals surface area contributed by atoms with Gasteiger partial charge in [0.1, 0.15) is 5.78 Å². The zero-order valence-electron chi connectivity index (χ0n) is 8.66. The first-order valence-electron chi connectivity index (χ1n) is 5.64. The second kappa shape index (κ2) is 2.91. The molecule has 0 amide bonds. The molecule has 1 saturated carbocycles. The molecule has 0 radical (unpaired) electrons. The quantitative estimate of drug-likeness (QED) is 0.564. The van der Waals surface area contributed by atoms with Crippen molar-refractivity contribution in [1.82, 2.24) is 0 Å². The fraction of sp³-hybridized carbons (Fsp3) is 0.538. The van der Waals surface area contributed by atoms with Crippen molar-refractivity contribution in [1.29, 1.82) is 0 Å². The monoisotopic (exact) mass is 202 g/mol. The summed E-state index contributed by atoms with van der Waals surface area (Å²) in [6, 6.07) is 0. The molecule has 78 valence electrons. The number of hydrogen-bond acceptors (Lipinski definition) is 2. The molecule has 1 fully saturated rings. The molecule has 0 aromatic heterocycles. The van der Waals surface area contributed by atoms with Gasteiger partial charge in [0, 0.05) is 24.7 Å². The van der Waals surface area contributed by atoms with E-state index in [9.17, 15) is 9.59 Å². The summed E-state index contributed by atoms with van der Waals surface area (Å²) in [5.41, 5.74) is 1.17. The van der Waals surface area contributed by atoms with Crippen LogP contribution in [0.4, 0.5) is 0 Å². The van der Waals surface area contributed by atoms with Crippen LogP contribution in [0.15, 0.2) is 23.8 Å². The van der Waals surface area contributed by atoms with E-state index in [2.05, 4.69) is 6.08 Å². The minimum Gasteiger partial charge on any atom is -0.300 e. The number of ketones is 2. The first-order chi connectivity index (χ1) is 7.21. The molecular formula is C13H14O2. The Bertz CT molecular complexity index is 403. The van der Waals surface area contributed by atoms with Gasteiger partial charge in [0.25, 0.3) is 0 Å². The van der Waals surface area contributed by atoms with Gasteiger partial charge in [0.2, 0.25) is 0 Å². The number of carbonyl (C=O) groups excluding carboxylic acids is 2. The smallest absolute Gasteiger partial charge is 0.159 e. The predicted octanol–water partition coefficient (Wildman–Crippen LogP) is 2.20. The second-order valence-corrected chi connectivity index (χ2v) is 4.94. The standard InChI is InChI=1S/C13H14O2/c14-11-4-5-13-8-12(15)7-10(13)3-1-2-9(13)6-11/h2,4-5,10H,1,3,6-8H2/t10-,13+/m1/s1. The van der Waals surface area contributed by atoms with Gasteiger partial charge in [-0.05, 0) is 24.8 Å². The highest BCUT2D eigenvalue weighted by atomic mass is 16.1. The average Bonchev–Trinajstić information content (AvgIpc) is 2.52. The van der Waals surface area contributed by atoms with Crippen molar-refractivity contribution in [3.8, 4) is 0 Å². The Morgan fingerprint density at radius 2 is 2.20 bits per heavy atom. The average molecular weight is 202 g/mol. The Morgan fingerprint density at radius 1 is 1.33 bits per heavy atom. The molecule has 2 heteroatoms. The van der Waals surface area contributed by atoms with Gasteiger partial charge < -0.3 is 0 Å². The van der Waals surface area contributed by atoms with Crippen LogP contribution in [0.1, 0.15) is 32.1 Å². The maximum atomic E-state index is 11.6. The van der Waals surface area contributed by atoms with Crippen LogP contribution >= 0.6 is 0 Å². The third kappa shape index (κ3) is 1.17. The van der Waals surface area contributed by atoms with Gasteiger partial charge in [-0.15, -0.1) is 0 Å².